The number of rotatable bonds is 6. The van der Waals surface area contributed by atoms with Gasteiger partial charge in [-0.05, 0) is 41.5 Å². The highest BCUT2D eigenvalue weighted by molar-refractivity contribution is 7.53. The van der Waals surface area contributed by atoms with Gasteiger partial charge >= 0.3 is 7.60 Å². The molecule has 7 nitrogen and oxygen atoms in total. The standard InChI is InChI=1S/C21H39B2O7P/c1-14(2)18(7,25)17(6,29-20(14,9)22)13-27-31(11,26)30-19(8)15(3,4)21(10,23)28-16(19,5)12-24/h24-25H,12-13H2,1-11H3/t16-,17-,18-,19-,20-,21-,31?/m1/s1. The van der Waals surface area contributed by atoms with Crippen molar-refractivity contribution in [2.75, 3.05) is 19.9 Å². The minimum absolute atomic E-state index is 0.225. The molecule has 2 fully saturated rings. The second kappa shape index (κ2) is 7.07. The van der Waals surface area contributed by atoms with Crippen LogP contribution in [-0.4, -0.2) is 79.2 Å². The summed E-state index contributed by atoms with van der Waals surface area (Å²) in [6.45, 7) is 18.1. The maximum absolute atomic E-state index is 13.5. The van der Waals surface area contributed by atoms with E-state index in [0.717, 1.165) is 0 Å². The van der Waals surface area contributed by atoms with Crippen molar-refractivity contribution in [2.24, 2.45) is 10.8 Å². The summed E-state index contributed by atoms with van der Waals surface area (Å²) < 4.78 is 37.4. The molecule has 0 bridgehead atoms. The van der Waals surface area contributed by atoms with Gasteiger partial charge in [0.25, 0.3) is 0 Å². The molecule has 10 heteroatoms. The molecule has 0 spiro atoms. The molecule has 2 aliphatic rings. The number of aliphatic hydroxyl groups excluding tert-OH is 1. The van der Waals surface area contributed by atoms with Crippen LogP contribution in [0.3, 0.4) is 0 Å². The van der Waals surface area contributed by atoms with E-state index < -0.39 is 58.4 Å². The Hall–Kier alpha value is 0.120. The highest BCUT2D eigenvalue weighted by atomic mass is 31.2. The maximum atomic E-state index is 13.5. The van der Waals surface area contributed by atoms with Gasteiger partial charge in [-0.25, -0.2) is 0 Å². The predicted molar refractivity (Wildman–Crippen MR) is 122 cm³/mol. The first-order valence-electron chi connectivity index (χ1n) is 10.6. The average molecular weight is 456 g/mol. The predicted octanol–water partition coefficient (Wildman–Crippen LogP) is 2.74. The second-order valence-corrected chi connectivity index (χ2v) is 13.5. The summed E-state index contributed by atoms with van der Waals surface area (Å²) in [6, 6.07) is 0. The fourth-order valence-corrected chi connectivity index (χ4v) is 6.45. The second-order valence-electron chi connectivity index (χ2n) is 11.5. The third kappa shape index (κ3) is 3.53. The van der Waals surface area contributed by atoms with Crippen molar-refractivity contribution in [2.45, 2.75) is 103 Å². The van der Waals surface area contributed by atoms with Gasteiger partial charge in [0.2, 0.25) is 0 Å². The van der Waals surface area contributed by atoms with Crippen LogP contribution in [0.15, 0.2) is 0 Å². The molecule has 2 aliphatic heterocycles. The van der Waals surface area contributed by atoms with E-state index in [0.29, 0.717) is 0 Å². The van der Waals surface area contributed by atoms with Crippen LogP contribution in [0.2, 0.25) is 0 Å². The van der Waals surface area contributed by atoms with Gasteiger partial charge in [-0.2, -0.15) is 0 Å². The molecule has 0 aromatic carbocycles. The van der Waals surface area contributed by atoms with Crippen LogP contribution < -0.4 is 0 Å². The Kier molecular flexibility index (Phi) is 6.24. The Balaban J connectivity index is 2.33. The average Bonchev–Trinajstić information content (AvgIpc) is 2.73. The van der Waals surface area contributed by atoms with Crippen LogP contribution in [0.5, 0.6) is 0 Å². The highest BCUT2D eigenvalue weighted by Crippen LogP contribution is 2.64. The molecular formula is C21H39B2O7P. The number of aliphatic hydroxyl groups is 2. The zero-order valence-electron chi connectivity index (χ0n) is 21.0. The van der Waals surface area contributed by atoms with Crippen molar-refractivity contribution in [3.63, 3.8) is 0 Å². The van der Waals surface area contributed by atoms with Crippen molar-refractivity contribution in [1.82, 2.24) is 0 Å². The van der Waals surface area contributed by atoms with Gasteiger partial charge in [0.15, 0.2) is 0 Å². The Labute approximate surface area is 190 Å². The minimum atomic E-state index is -3.75. The molecular weight excluding hydrogens is 417 g/mol. The lowest BCUT2D eigenvalue weighted by molar-refractivity contribution is -0.153. The third-order valence-electron chi connectivity index (χ3n) is 9.03. The van der Waals surface area contributed by atoms with Crippen molar-refractivity contribution < 1.29 is 33.3 Å². The maximum Gasteiger partial charge on any atom is 0.328 e. The summed E-state index contributed by atoms with van der Waals surface area (Å²) in [5.74, 6) is 0. The molecule has 7 atom stereocenters. The van der Waals surface area contributed by atoms with Crippen molar-refractivity contribution in [1.29, 1.82) is 0 Å². The Morgan fingerprint density at radius 3 is 1.65 bits per heavy atom. The monoisotopic (exact) mass is 456 g/mol. The number of hydrogen-bond acceptors (Lipinski definition) is 7. The fourth-order valence-electron chi connectivity index (χ4n) is 4.83. The van der Waals surface area contributed by atoms with E-state index in [1.807, 2.05) is 27.7 Å². The number of ether oxygens (including phenoxy) is 2. The molecule has 2 rings (SSSR count). The number of hydrogen-bond donors (Lipinski definition) is 2. The molecule has 4 radical (unpaired) electrons. The summed E-state index contributed by atoms with van der Waals surface area (Å²) >= 11 is 0. The van der Waals surface area contributed by atoms with Crippen LogP contribution in [0.1, 0.15) is 69.2 Å². The first kappa shape index (κ1) is 27.4. The first-order chi connectivity index (χ1) is 13.4. The molecule has 0 amide bonds. The molecule has 2 heterocycles. The summed E-state index contributed by atoms with van der Waals surface area (Å²) in [7, 11) is 8.95. The van der Waals surface area contributed by atoms with Gasteiger partial charge in [0.05, 0.1) is 18.8 Å². The molecule has 2 saturated heterocycles. The Morgan fingerprint density at radius 1 is 0.839 bits per heavy atom. The molecule has 31 heavy (non-hydrogen) atoms. The highest BCUT2D eigenvalue weighted by Gasteiger charge is 2.71. The molecule has 0 aliphatic carbocycles. The van der Waals surface area contributed by atoms with Gasteiger partial charge in [-0.3, -0.25) is 9.09 Å². The van der Waals surface area contributed by atoms with Gasteiger partial charge in [0.1, 0.15) is 32.5 Å². The van der Waals surface area contributed by atoms with Crippen molar-refractivity contribution in [3.05, 3.63) is 0 Å². The lowest BCUT2D eigenvalue weighted by Crippen LogP contribution is -2.58. The Bertz CT molecular complexity index is 782. The van der Waals surface area contributed by atoms with Crippen molar-refractivity contribution >= 4 is 23.3 Å². The van der Waals surface area contributed by atoms with E-state index in [1.54, 1.807) is 41.5 Å². The van der Waals surface area contributed by atoms with Gasteiger partial charge in [-0.1, -0.05) is 27.7 Å². The first-order valence-corrected chi connectivity index (χ1v) is 12.6. The van der Waals surface area contributed by atoms with Crippen LogP contribution in [0.25, 0.3) is 0 Å². The summed E-state index contributed by atoms with van der Waals surface area (Å²) in [5.41, 5.74) is -9.09. The minimum Gasteiger partial charge on any atom is -0.393 e. The van der Waals surface area contributed by atoms with E-state index >= 15 is 0 Å². The van der Waals surface area contributed by atoms with E-state index in [9.17, 15) is 14.8 Å². The normalized spacial score (nSPS) is 51.0. The quantitative estimate of drug-likeness (QED) is 0.469. The van der Waals surface area contributed by atoms with E-state index in [-0.39, 0.29) is 6.61 Å². The van der Waals surface area contributed by atoms with Gasteiger partial charge < -0.3 is 24.2 Å². The zero-order valence-corrected chi connectivity index (χ0v) is 21.8. The Morgan fingerprint density at radius 2 is 1.26 bits per heavy atom. The largest absolute Gasteiger partial charge is 0.393 e. The lowest BCUT2D eigenvalue weighted by Gasteiger charge is -2.48. The van der Waals surface area contributed by atoms with Crippen LogP contribution in [0.4, 0.5) is 0 Å². The van der Waals surface area contributed by atoms with E-state index in [4.69, 9.17) is 34.2 Å². The van der Waals surface area contributed by atoms with Gasteiger partial charge in [-0.15, -0.1) is 0 Å². The molecule has 0 aromatic heterocycles. The third-order valence-corrected chi connectivity index (χ3v) is 10.3. The van der Waals surface area contributed by atoms with Gasteiger partial charge in [0, 0.05) is 28.5 Å². The molecule has 1 unspecified atom stereocenters. The summed E-state index contributed by atoms with van der Waals surface area (Å²) in [4.78, 5) is 0. The topological polar surface area (TPSA) is 94.5 Å². The fraction of sp³-hybridized carbons (Fsp3) is 1.00. The van der Waals surface area contributed by atoms with E-state index in [1.165, 1.54) is 6.66 Å². The summed E-state index contributed by atoms with van der Waals surface area (Å²) in [5, 5.41) is 21.4. The molecule has 0 saturated carbocycles. The van der Waals surface area contributed by atoms with E-state index in [2.05, 4.69) is 0 Å². The van der Waals surface area contributed by atoms with Crippen molar-refractivity contribution in [3.8, 4) is 0 Å². The smallest absolute Gasteiger partial charge is 0.328 e. The van der Waals surface area contributed by atoms with Crippen LogP contribution in [0, 0.1) is 10.8 Å². The van der Waals surface area contributed by atoms with Crippen LogP contribution in [-0.2, 0) is 23.1 Å². The van der Waals surface area contributed by atoms with Crippen LogP contribution >= 0.6 is 7.60 Å². The molecule has 176 valence electrons. The molecule has 2 N–H and O–H groups in total. The zero-order chi connectivity index (χ0) is 24.7. The lowest BCUT2D eigenvalue weighted by atomic mass is 9.57. The SMILES string of the molecule is [B][C@]1(C)O[C@](C)(COP(C)(=O)O[C@]2(C)C(C)(C)[C@@]([B])(C)O[C@]2(C)CO)[C@](C)(O)C1(C)C. The molecule has 0 aromatic rings. The summed E-state index contributed by atoms with van der Waals surface area (Å²) in [6.07, 6.45) is 0.